The van der Waals surface area contributed by atoms with Crippen LogP contribution in [0.25, 0.3) is 11.3 Å². The number of ether oxygens (including phenoxy) is 2. The normalized spacial score (nSPS) is 10.4. The number of hydrogen-bond donors (Lipinski definition) is 1. The van der Waals surface area contributed by atoms with Crippen LogP contribution in [0.2, 0.25) is 0 Å². The molecule has 1 N–H and O–H groups in total. The molecule has 0 saturated heterocycles. The maximum absolute atomic E-state index is 10.9. The van der Waals surface area contributed by atoms with E-state index >= 15 is 0 Å². The molecule has 0 spiro atoms. The number of carboxylic acids is 1. The lowest BCUT2D eigenvalue weighted by atomic mass is 9.99. The van der Waals surface area contributed by atoms with Gasteiger partial charge in [-0.1, -0.05) is 5.16 Å². The fourth-order valence-electron chi connectivity index (χ4n) is 2.03. The fraction of sp³-hybridized carbons (Fsp3) is 0.286. The van der Waals surface area contributed by atoms with E-state index < -0.39 is 5.97 Å². The highest BCUT2D eigenvalue weighted by Gasteiger charge is 2.19. The smallest absolute Gasteiger partial charge is 0.358 e. The Morgan fingerprint density at radius 1 is 1.20 bits per heavy atom. The molecule has 0 bridgehead atoms. The van der Waals surface area contributed by atoms with Gasteiger partial charge in [-0.05, 0) is 31.0 Å². The number of aromatic nitrogens is 1. The standard InChI is InChI=1S/C14H15NO5/c1-7-8(2)13(19-4)12(18-3)5-9(7)11-6-10(14(16)17)15-20-11/h5-6H,1-4H3,(H,16,17). The minimum atomic E-state index is -1.13. The number of carbonyl (C=O) groups is 1. The number of methoxy groups -OCH3 is 2. The van der Waals surface area contributed by atoms with Crippen LogP contribution in [-0.4, -0.2) is 30.5 Å². The number of aromatic carboxylic acids is 1. The van der Waals surface area contributed by atoms with Gasteiger partial charge in [0, 0.05) is 11.6 Å². The predicted octanol–water partition coefficient (Wildman–Crippen LogP) is 2.67. The van der Waals surface area contributed by atoms with Crippen LogP contribution in [0.1, 0.15) is 21.6 Å². The first kappa shape index (κ1) is 13.9. The molecule has 0 amide bonds. The Balaban J connectivity index is 2.61. The van der Waals surface area contributed by atoms with E-state index in [2.05, 4.69) is 5.16 Å². The van der Waals surface area contributed by atoms with Crippen LogP contribution in [0, 0.1) is 13.8 Å². The van der Waals surface area contributed by atoms with Crippen LogP contribution in [0.5, 0.6) is 11.5 Å². The summed E-state index contributed by atoms with van der Waals surface area (Å²) in [4.78, 5) is 10.9. The van der Waals surface area contributed by atoms with Crippen molar-refractivity contribution in [1.29, 1.82) is 0 Å². The fourth-order valence-corrected chi connectivity index (χ4v) is 2.03. The molecule has 0 aliphatic heterocycles. The van der Waals surface area contributed by atoms with Crippen molar-refractivity contribution < 1.29 is 23.9 Å². The zero-order valence-electron chi connectivity index (χ0n) is 11.7. The van der Waals surface area contributed by atoms with Gasteiger partial charge in [0.2, 0.25) is 0 Å². The molecule has 0 aliphatic rings. The lowest BCUT2D eigenvalue weighted by Gasteiger charge is -2.15. The molecular formula is C14H15NO5. The van der Waals surface area contributed by atoms with Gasteiger partial charge >= 0.3 is 5.97 Å². The average Bonchev–Trinajstić information content (AvgIpc) is 2.91. The topological polar surface area (TPSA) is 81.8 Å². The molecule has 1 aromatic carbocycles. The first-order valence-corrected chi connectivity index (χ1v) is 5.92. The van der Waals surface area contributed by atoms with Gasteiger partial charge < -0.3 is 19.1 Å². The van der Waals surface area contributed by atoms with E-state index in [4.69, 9.17) is 19.1 Å². The lowest BCUT2D eigenvalue weighted by Crippen LogP contribution is -1.97. The van der Waals surface area contributed by atoms with Gasteiger partial charge in [-0.25, -0.2) is 4.79 Å². The number of carboxylic acid groups (broad SMARTS) is 1. The SMILES string of the molecule is COc1cc(-c2cc(C(=O)O)no2)c(C)c(C)c1OC. The maximum Gasteiger partial charge on any atom is 0.358 e. The molecule has 2 rings (SSSR count). The second-order valence-electron chi connectivity index (χ2n) is 4.29. The zero-order valence-corrected chi connectivity index (χ0v) is 11.7. The minimum Gasteiger partial charge on any atom is -0.493 e. The van der Waals surface area contributed by atoms with Gasteiger partial charge in [0.15, 0.2) is 23.0 Å². The van der Waals surface area contributed by atoms with Gasteiger partial charge in [-0.15, -0.1) is 0 Å². The van der Waals surface area contributed by atoms with Gasteiger partial charge in [0.05, 0.1) is 14.2 Å². The Kier molecular flexibility index (Phi) is 3.65. The Labute approximate surface area is 115 Å². The molecular weight excluding hydrogens is 262 g/mol. The first-order chi connectivity index (χ1) is 9.49. The van der Waals surface area contributed by atoms with Crippen LogP contribution < -0.4 is 9.47 Å². The molecule has 0 unspecified atom stereocenters. The van der Waals surface area contributed by atoms with Crippen molar-refractivity contribution in [3.05, 3.63) is 29.0 Å². The van der Waals surface area contributed by atoms with E-state index in [-0.39, 0.29) is 5.69 Å². The van der Waals surface area contributed by atoms with E-state index in [1.165, 1.54) is 6.07 Å². The molecule has 6 nitrogen and oxygen atoms in total. The van der Waals surface area contributed by atoms with E-state index in [9.17, 15) is 4.79 Å². The summed E-state index contributed by atoms with van der Waals surface area (Å²) >= 11 is 0. The zero-order chi connectivity index (χ0) is 14.9. The third-order valence-corrected chi connectivity index (χ3v) is 3.23. The van der Waals surface area contributed by atoms with Gasteiger partial charge in [-0.3, -0.25) is 0 Å². The molecule has 0 atom stereocenters. The molecule has 106 valence electrons. The van der Waals surface area contributed by atoms with E-state index in [1.807, 2.05) is 13.8 Å². The summed E-state index contributed by atoms with van der Waals surface area (Å²) in [7, 11) is 3.11. The Morgan fingerprint density at radius 2 is 1.90 bits per heavy atom. The highest BCUT2D eigenvalue weighted by Crippen LogP contribution is 2.39. The second-order valence-corrected chi connectivity index (χ2v) is 4.29. The molecule has 0 fully saturated rings. The molecule has 2 aromatic rings. The van der Waals surface area contributed by atoms with Crippen LogP contribution in [0.3, 0.4) is 0 Å². The Bertz CT molecular complexity index is 660. The van der Waals surface area contributed by atoms with Crippen molar-refractivity contribution in [2.45, 2.75) is 13.8 Å². The molecule has 20 heavy (non-hydrogen) atoms. The number of rotatable bonds is 4. The summed E-state index contributed by atoms with van der Waals surface area (Å²) in [5.74, 6) is 0.449. The summed E-state index contributed by atoms with van der Waals surface area (Å²) in [6.45, 7) is 3.80. The Morgan fingerprint density at radius 3 is 2.40 bits per heavy atom. The van der Waals surface area contributed by atoms with Crippen molar-refractivity contribution in [1.82, 2.24) is 5.16 Å². The minimum absolute atomic E-state index is 0.133. The number of benzene rings is 1. The highest BCUT2D eigenvalue weighted by molar-refractivity contribution is 5.86. The maximum atomic E-state index is 10.9. The lowest BCUT2D eigenvalue weighted by molar-refractivity contribution is 0.0686. The van der Waals surface area contributed by atoms with E-state index in [0.717, 1.165) is 16.7 Å². The molecule has 6 heteroatoms. The van der Waals surface area contributed by atoms with Crippen LogP contribution in [-0.2, 0) is 0 Å². The van der Waals surface area contributed by atoms with Crippen LogP contribution in [0.4, 0.5) is 0 Å². The molecule has 0 saturated carbocycles. The van der Waals surface area contributed by atoms with Crippen LogP contribution >= 0.6 is 0 Å². The summed E-state index contributed by atoms with van der Waals surface area (Å²) < 4.78 is 15.7. The quantitative estimate of drug-likeness (QED) is 0.925. The summed E-state index contributed by atoms with van der Waals surface area (Å²) in [6, 6.07) is 3.13. The number of hydrogen-bond acceptors (Lipinski definition) is 5. The summed E-state index contributed by atoms with van der Waals surface area (Å²) in [6.07, 6.45) is 0. The van der Waals surface area contributed by atoms with Crippen molar-refractivity contribution in [2.75, 3.05) is 14.2 Å². The molecule has 0 aliphatic carbocycles. The Hall–Kier alpha value is -2.50. The van der Waals surface area contributed by atoms with Crippen molar-refractivity contribution in [3.8, 4) is 22.8 Å². The third kappa shape index (κ3) is 2.20. The van der Waals surface area contributed by atoms with Crippen molar-refractivity contribution >= 4 is 5.97 Å². The first-order valence-electron chi connectivity index (χ1n) is 5.92. The van der Waals surface area contributed by atoms with Gasteiger partial charge in [0.1, 0.15) is 0 Å². The monoisotopic (exact) mass is 277 g/mol. The summed E-state index contributed by atoms with van der Waals surface area (Å²) in [5, 5.41) is 12.4. The van der Waals surface area contributed by atoms with Crippen LogP contribution in [0.15, 0.2) is 16.7 Å². The molecule has 0 radical (unpaired) electrons. The second kappa shape index (κ2) is 5.24. The number of nitrogens with zero attached hydrogens (tertiary/aromatic N) is 1. The van der Waals surface area contributed by atoms with Crippen molar-refractivity contribution in [2.24, 2.45) is 0 Å². The van der Waals surface area contributed by atoms with Crippen molar-refractivity contribution in [3.63, 3.8) is 0 Å². The van der Waals surface area contributed by atoms with Gasteiger partial charge in [0.25, 0.3) is 0 Å². The molecule has 1 heterocycles. The largest absolute Gasteiger partial charge is 0.493 e. The van der Waals surface area contributed by atoms with E-state index in [0.29, 0.717) is 17.3 Å². The highest BCUT2D eigenvalue weighted by atomic mass is 16.5. The predicted molar refractivity (Wildman–Crippen MR) is 71.5 cm³/mol. The van der Waals surface area contributed by atoms with E-state index in [1.54, 1.807) is 20.3 Å². The average molecular weight is 277 g/mol. The summed E-state index contributed by atoms with van der Waals surface area (Å²) in [5.41, 5.74) is 2.40. The van der Waals surface area contributed by atoms with Gasteiger partial charge in [-0.2, -0.15) is 0 Å². The molecule has 1 aromatic heterocycles. The third-order valence-electron chi connectivity index (χ3n) is 3.23.